The van der Waals surface area contributed by atoms with Crippen LogP contribution in [0.2, 0.25) is 0 Å². The average Bonchev–Trinajstić information content (AvgIpc) is 3.12. The average molecular weight is 752 g/mol. The monoisotopic (exact) mass is 751 g/mol. The molecule has 298 valence electrons. The van der Waals surface area contributed by atoms with Crippen molar-refractivity contribution in [3.63, 3.8) is 0 Å². The molecule has 0 radical (unpaired) electrons. The Hall–Kier alpha value is -2.59. The second kappa shape index (κ2) is 36.8. The van der Waals surface area contributed by atoms with E-state index in [4.69, 9.17) is 24.8 Å². The molecule has 0 fully saturated rings. The zero-order valence-corrected chi connectivity index (χ0v) is 33.0. The summed E-state index contributed by atoms with van der Waals surface area (Å²) in [6.07, 6.45) is 43.9. The lowest BCUT2D eigenvalue weighted by atomic mass is 10.1. The lowest BCUT2D eigenvalue weighted by Crippen LogP contribution is -2.34. The van der Waals surface area contributed by atoms with Crippen molar-refractivity contribution in [3.05, 3.63) is 72.9 Å². The van der Waals surface area contributed by atoms with E-state index in [2.05, 4.69) is 91.3 Å². The third-order valence-electron chi connectivity index (χ3n) is 7.75. The fourth-order valence-electron chi connectivity index (χ4n) is 4.72. The van der Waals surface area contributed by atoms with Crippen LogP contribution in [0.15, 0.2) is 72.9 Å². The first-order valence-electron chi connectivity index (χ1n) is 19.5. The second-order valence-corrected chi connectivity index (χ2v) is 14.1. The first-order valence-corrected chi connectivity index (χ1v) is 21.0. The van der Waals surface area contributed by atoms with Crippen LogP contribution in [0, 0.1) is 0 Å². The van der Waals surface area contributed by atoms with E-state index in [1.165, 1.54) is 38.5 Å². The molecule has 10 nitrogen and oxygen atoms in total. The van der Waals surface area contributed by atoms with Crippen molar-refractivity contribution in [1.29, 1.82) is 0 Å². The van der Waals surface area contributed by atoms with Gasteiger partial charge < -0.3 is 25.2 Å². The normalized spacial score (nSPS) is 14.8. The molecule has 0 aromatic heterocycles. The maximum absolute atomic E-state index is 12.6. The third kappa shape index (κ3) is 35.8. The number of unbranched alkanes of at least 4 members (excludes halogenated alkanes) is 10. The number of aliphatic carboxylic acids is 1. The molecule has 0 spiro atoms. The van der Waals surface area contributed by atoms with E-state index in [9.17, 15) is 19.0 Å². The lowest BCUT2D eigenvalue weighted by Gasteiger charge is -2.20. The van der Waals surface area contributed by atoms with Gasteiger partial charge in [0.2, 0.25) is 0 Å². The molecule has 11 heteroatoms. The van der Waals surface area contributed by atoms with Gasteiger partial charge in [0.1, 0.15) is 12.1 Å². The summed E-state index contributed by atoms with van der Waals surface area (Å²) >= 11 is 0. The van der Waals surface area contributed by atoms with Gasteiger partial charge in [0.25, 0.3) is 0 Å². The predicted octanol–water partition coefficient (Wildman–Crippen LogP) is 10.2. The van der Waals surface area contributed by atoms with Crippen LogP contribution in [-0.4, -0.2) is 60.5 Å². The molecule has 0 heterocycles. The van der Waals surface area contributed by atoms with Crippen LogP contribution in [0.3, 0.4) is 0 Å². The molecule has 3 unspecified atom stereocenters. The molecule has 0 bridgehead atoms. The zero-order chi connectivity index (χ0) is 38.4. The van der Waals surface area contributed by atoms with Gasteiger partial charge in [-0.05, 0) is 64.2 Å². The number of carboxylic acids is 1. The van der Waals surface area contributed by atoms with Gasteiger partial charge in [-0.25, -0.2) is 4.57 Å². The van der Waals surface area contributed by atoms with Gasteiger partial charge in [0.05, 0.1) is 19.8 Å². The number of carboxylic acid groups (broad SMARTS) is 1. The van der Waals surface area contributed by atoms with Crippen molar-refractivity contribution in [2.75, 3.05) is 26.4 Å². The van der Waals surface area contributed by atoms with Crippen molar-refractivity contribution in [1.82, 2.24) is 0 Å². The molecule has 4 N–H and O–H groups in total. The Morgan fingerprint density at radius 2 is 1.12 bits per heavy atom. The number of ether oxygens (including phenoxy) is 2. The van der Waals surface area contributed by atoms with E-state index < -0.39 is 45.1 Å². The van der Waals surface area contributed by atoms with Crippen molar-refractivity contribution in [3.8, 4) is 0 Å². The summed E-state index contributed by atoms with van der Waals surface area (Å²) in [5.41, 5.74) is 5.33. The molecule has 0 amide bonds. The Morgan fingerprint density at radius 3 is 1.63 bits per heavy atom. The fourth-order valence-corrected chi connectivity index (χ4v) is 5.50. The summed E-state index contributed by atoms with van der Waals surface area (Å²) in [5, 5.41) is 8.86. The number of esters is 1. The summed E-state index contributed by atoms with van der Waals surface area (Å²) < 4.78 is 33.1. The Bertz CT molecular complexity index is 1100. The van der Waals surface area contributed by atoms with Crippen LogP contribution >= 0.6 is 7.82 Å². The molecule has 0 aliphatic rings. The summed E-state index contributed by atoms with van der Waals surface area (Å²) in [7, 11) is -4.62. The van der Waals surface area contributed by atoms with Gasteiger partial charge >= 0.3 is 19.8 Å². The minimum atomic E-state index is -4.62. The first kappa shape index (κ1) is 49.4. The van der Waals surface area contributed by atoms with Crippen LogP contribution < -0.4 is 5.73 Å². The number of rotatable bonds is 36. The molecule has 0 saturated carbocycles. The fraction of sp³-hybridized carbons (Fsp3) is 0.659. The molecule has 0 aliphatic heterocycles. The number of phosphoric ester groups is 1. The van der Waals surface area contributed by atoms with Gasteiger partial charge in [0, 0.05) is 13.0 Å². The highest BCUT2D eigenvalue weighted by Gasteiger charge is 2.27. The second-order valence-electron chi connectivity index (χ2n) is 12.7. The standard InChI is InChI=1S/C41H70NO9P/c1-3-5-7-9-11-13-14-15-16-17-18-19-20-21-22-23-24-25-27-29-31-33-40(43)51-38(36-49-52(46,47)50-37-39(42)41(44)45)35-48-34-32-30-28-26-12-10-8-6-4-2/h5,7,11,13,15-16,18-19,21-22,24-25,38-39H,3-4,6,8-10,12,14,17,20,23,26-37,42H2,1-2H3,(H,44,45)(H,46,47)/b7-5-,13-11-,16-15-,19-18-,22-21-,25-24-. The van der Waals surface area contributed by atoms with E-state index in [1.54, 1.807) is 0 Å². The number of carbonyl (C=O) groups is 2. The molecular weight excluding hydrogens is 681 g/mol. The van der Waals surface area contributed by atoms with Crippen LogP contribution in [0.5, 0.6) is 0 Å². The number of phosphoric acid groups is 1. The summed E-state index contributed by atoms with van der Waals surface area (Å²) in [6.45, 7) is 3.66. The molecule has 0 rings (SSSR count). The van der Waals surface area contributed by atoms with Crippen LogP contribution in [0.25, 0.3) is 0 Å². The minimum Gasteiger partial charge on any atom is -0.480 e. The van der Waals surface area contributed by atoms with Gasteiger partial charge in [-0.2, -0.15) is 0 Å². The van der Waals surface area contributed by atoms with E-state index in [0.717, 1.165) is 70.6 Å². The molecule has 3 atom stereocenters. The summed E-state index contributed by atoms with van der Waals surface area (Å²) in [5.74, 6) is -1.83. The Labute approximate surface area is 314 Å². The highest BCUT2D eigenvalue weighted by atomic mass is 31.2. The lowest BCUT2D eigenvalue weighted by molar-refractivity contribution is -0.154. The third-order valence-corrected chi connectivity index (χ3v) is 8.70. The van der Waals surface area contributed by atoms with Crippen LogP contribution in [-0.2, 0) is 32.7 Å². The van der Waals surface area contributed by atoms with Gasteiger partial charge in [-0.15, -0.1) is 0 Å². The minimum absolute atomic E-state index is 0.00403. The van der Waals surface area contributed by atoms with Gasteiger partial charge in [-0.1, -0.05) is 138 Å². The molecular formula is C41H70NO9P. The largest absolute Gasteiger partial charge is 0.480 e. The van der Waals surface area contributed by atoms with Gasteiger partial charge in [-0.3, -0.25) is 18.6 Å². The highest BCUT2D eigenvalue weighted by molar-refractivity contribution is 7.47. The maximum Gasteiger partial charge on any atom is 0.472 e. The molecule has 0 aromatic carbocycles. The van der Waals surface area contributed by atoms with Crippen molar-refractivity contribution < 1.29 is 42.7 Å². The van der Waals surface area contributed by atoms with Crippen molar-refractivity contribution in [2.45, 2.75) is 148 Å². The van der Waals surface area contributed by atoms with Gasteiger partial charge in [0.15, 0.2) is 0 Å². The van der Waals surface area contributed by atoms with Crippen LogP contribution in [0.1, 0.15) is 136 Å². The van der Waals surface area contributed by atoms with Crippen molar-refractivity contribution in [2.24, 2.45) is 5.73 Å². The summed E-state index contributed by atoms with van der Waals surface area (Å²) in [6, 6.07) is -1.48. The van der Waals surface area contributed by atoms with Crippen molar-refractivity contribution >= 4 is 19.8 Å². The van der Waals surface area contributed by atoms with E-state index in [1.807, 2.05) is 0 Å². The van der Waals surface area contributed by atoms with Crippen LogP contribution in [0.4, 0.5) is 0 Å². The molecule has 0 aliphatic carbocycles. The van der Waals surface area contributed by atoms with E-state index in [-0.39, 0.29) is 13.0 Å². The van der Waals surface area contributed by atoms with E-state index in [0.29, 0.717) is 13.0 Å². The highest BCUT2D eigenvalue weighted by Crippen LogP contribution is 2.43. The topological polar surface area (TPSA) is 155 Å². The SMILES string of the molecule is CC/C=C\C/C=C\C/C=C\C/C=C\C/C=C\C/C=C\CCCCC(=O)OC(COCCCCCCCCCCC)COP(=O)(O)OCC(N)C(=O)O. The molecule has 52 heavy (non-hydrogen) atoms. The molecule has 0 aromatic rings. The quantitative estimate of drug-likeness (QED) is 0.0244. The number of hydrogen-bond donors (Lipinski definition) is 3. The number of hydrogen-bond acceptors (Lipinski definition) is 8. The number of allylic oxidation sites excluding steroid dienone is 12. The predicted molar refractivity (Wildman–Crippen MR) is 212 cm³/mol. The smallest absolute Gasteiger partial charge is 0.472 e. The number of nitrogens with two attached hydrogens (primary N) is 1. The Balaban J connectivity index is 4.35. The maximum atomic E-state index is 12.6. The number of carbonyl (C=O) groups excluding carboxylic acids is 1. The van der Waals surface area contributed by atoms with E-state index >= 15 is 0 Å². The Morgan fingerprint density at radius 1 is 0.635 bits per heavy atom. The summed E-state index contributed by atoms with van der Waals surface area (Å²) in [4.78, 5) is 33.4. The zero-order valence-electron chi connectivity index (χ0n) is 32.1. The molecule has 0 saturated heterocycles. The Kier molecular flexibility index (Phi) is 34.9. The first-order chi connectivity index (χ1) is 25.2.